The smallest absolute Gasteiger partial charge is 0.272 e. The second kappa shape index (κ2) is 7.48. The van der Waals surface area contributed by atoms with E-state index < -0.39 is 0 Å². The van der Waals surface area contributed by atoms with Crippen LogP contribution in [0.15, 0.2) is 42.5 Å². The molecule has 2 aromatic rings. The first-order chi connectivity index (χ1) is 12.7. The van der Waals surface area contributed by atoms with E-state index in [0.29, 0.717) is 11.7 Å². The molecule has 136 valence electrons. The normalized spacial score (nSPS) is 17.7. The van der Waals surface area contributed by atoms with Crippen molar-refractivity contribution in [1.29, 1.82) is 0 Å². The molecule has 0 N–H and O–H groups in total. The first kappa shape index (κ1) is 17.1. The molecule has 0 atom stereocenters. The zero-order valence-corrected chi connectivity index (χ0v) is 15.5. The molecule has 1 aromatic heterocycles. The molecule has 1 aliphatic carbocycles. The lowest BCUT2D eigenvalue weighted by atomic mass is 9.94. The number of carbonyl (C=O) groups excluding carboxylic acids is 1. The zero-order chi connectivity index (χ0) is 17.9. The predicted molar refractivity (Wildman–Crippen MR) is 104 cm³/mol. The second-order valence-electron chi connectivity index (χ2n) is 7.53. The standard InChI is InChI=1S/C22H27N3O/c1-24(19-10-3-2-4-11-19)22(26)20-12-7-13-21(23-20)25-15-14-17-8-5-6-9-18(17)16-25/h5-9,12-13,19H,2-4,10-11,14-16H2,1H3. The molecule has 0 saturated heterocycles. The van der Waals surface area contributed by atoms with E-state index in [1.165, 1.54) is 30.4 Å². The number of fused-ring (bicyclic) bond motifs is 1. The van der Waals surface area contributed by atoms with E-state index in [2.05, 4.69) is 29.2 Å². The average molecular weight is 349 g/mol. The summed E-state index contributed by atoms with van der Waals surface area (Å²) in [7, 11) is 1.93. The first-order valence-corrected chi connectivity index (χ1v) is 9.78. The van der Waals surface area contributed by atoms with Crippen LogP contribution in [0.2, 0.25) is 0 Å². The molecule has 1 amide bonds. The summed E-state index contributed by atoms with van der Waals surface area (Å²) in [6, 6.07) is 14.8. The quantitative estimate of drug-likeness (QED) is 0.839. The third-order valence-corrected chi connectivity index (χ3v) is 5.85. The van der Waals surface area contributed by atoms with Gasteiger partial charge in [-0.15, -0.1) is 0 Å². The summed E-state index contributed by atoms with van der Waals surface area (Å²) in [4.78, 5) is 21.8. The van der Waals surface area contributed by atoms with Gasteiger partial charge in [0, 0.05) is 26.2 Å². The van der Waals surface area contributed by atoms with Crippen molar-refractivity contribution in [2.24, 2.45) is 0 Å². The maximum absolute atomic E-state index is 12.9. The number of hydrogen-bond donors (Lipinski definition) is 0. The van der Waals surface area contributed by atoms with Gasteiger partial charge in [-0.25, -0.2) is 4.98 Å². The van der Waals surface area contributed by atoms with Crippen molar-refractivity contribution < 1.29 is 4.79 Å². The van der Waals surface area contributed by atoms with Crippen LogP contribution < -0.4 is 4.90 Å². The van der Waals surface area contributed by atoms with Crippen LogP contribution in [0, 0.1) is 0 Å². The first-order valence-electron chi connectivity index (χ1n) is 9.78. The number of aromatic nitrogens is 1. The van der Waals surface area contributed by atoms with Crippen molar-refractivity contribution in [2.45, 2.75) is 51.1 Å². The van der Waals surface area contributed by atoms with Gasteiger partial charge in [0.2, 0.25) is 0 Å². The Morgan fingerprint density at radius 2 is 1.81 bits per heavy atom. The Bertz CT molecular complexity index is 782. The molecule has 0 radical (unpaired) electrons. The topological polar surface area (TPSA) is 36.4 Å². The third-order valence-electron chi connectivity index (χ3n) is 5.85. The number of anilines is 1. The number of nitrogens with zero attached hydrogens (tertiary/aromatic N) is 3. The monoisotopic (exact) mass is 349 g/mol. The van der Waals surface area contributed by atoms with Crippen LogP contribution in [-0.4, -0.2) is 35.4 Å². The van der Waals surface area contributed by atoms with Gasteiger partial charge in [0.1, 0.15) is 11.5 Å². The van der Waals surface area contributed by atoms with Crippen LogP contribution in [0.1, 0.15) is 53.7 Å². The number of hydrogen-bond acceptors (Lipinski definition) is 3. The van der Waals surface area contributed by atoms with Crippen molar-refractivity contribution in [3.63, 3.8) is 0 Å². The number of amides is 1. The van der Waals surface area contributed by atoms with E-state index in [4.69, 9.17) is 4.98 Å². The molecule has 4 nitrogen and oxygen atoms in total. The number of carbonyl (C=O) groups is 1. The SMILES string of the molecule is CN(C(=O)c1cccc(N2CCc3ccccc3C2)n1)C1CCCCC1. The van der Waals surface area contributed by atoms with E-state index in [9.17, 15) is 4.79 Å². The molecular formula is C22H27N3O. The molecule has 2 aliphatic rings. The molecule has 1 saturated carbocycles. The van der Waals surface area contributed by atoms with Crippen molar-refractivity contribution in [2.75, 3.05) is 18.5 Å². The van der Waals surface area contributed by atoms with Gasteiger partial charge in [-0.3, -0.25) is 4.79 Å². The Labute approximate surface area is 155 Å². The summed E-state index contributed by atoms with van der Waals surface area (Å²) >= 11 is 0. The van der Waals surface area contributed by atoms with Crippen LogP contribution in [0.4, 0.5) is 5.82 Å². The van der Waals surface area contributed by atoms with Gasteiger partial charge in [-0.1, -0.05) is 49.6 Å². The minimum atomic E-state index is 0.0520. The molecule has 1 fully saturated rings. The lowest BCUT2D eigenvalue weighted by molar-refractivity contribution is 0.0690. The Hall–Kier alpha value is -2.36. The Morgan fingerprint density at radius 3 is 2.62 bits per heavy atom. The van der Waals surface area contributed by atoms with Crippen molar-refractivity contribution in [3.05, 3.63) is 59.3 Å². The molecular weight excluding hydrogens is 322 g/mol. The molecule has 26 heavy (non-hydrogen) atoms. The summed E-state index contributed by atoms with van der Waals surface area (Å²) < 4.78 is 0. The lowest BCUT2D eigenvalue weighted by Gasteiger charge is -2.32. The van der Waals surface area contributed by atoms with Crippen molar-refractivity contribution in [1.82, 2.24) is 9.88 Å². The van der Waals surface area contributed by atoms with Gasteiger partial charge in [-0.2, -0.15) is 0 Å². The molecule has 0 bridgehead atoms. The van der Waals surface area contributed by atoms with E-state index in [0.717, 1.165) is 38.2 Å². The number of benzene rings is 1. The fourth-order valence-corrected chi connectivity index (χ4v) is 4.22. The maximum Gasteiger partial charge on any atom is 0.272 e. The van der Waals surface area contributed by atoms with Crippen LogP contribution in [-0.2, 0) is 13.0 Å². The molecule has 2 heterocycles. The maximum atomic E-state index is 12.9. The molecule has 1 aliphatic heterocycles. The second-order valence-corrected chi connectivity index (χ2v) is 7.53. The van der Waals surface area contributed by atoms with Gasteiger partial charge >= 0.3 is 0 Å². The molecule has 4 heteroatoms. The minimum absolute atomic E-state index is 0.0520. The summed E-state index contributed by atoms with van der Waals surface area (Å²) in [5, 5.41) is 0. The zero-order valence-electron chi connectivity index (χ0n) is 15.5. The van der Waals surface area contributed by atoms with E-state index in [1.54, 1.807) is 0 Å². The lowest BCUT2D eigenvalue weighted by Crippen LogP contribution is -2.39. The molecule has 0 unspecified atom stereocenters. The molecule has 0 spiro atoms. The van der Waals surface area contributed by atoms with Gasteiger partial charge < -0.3 is 9.80 Å². The van der Waals surface area contributed by atoms with Gasteiger partial charge in [0.15, 0.2) is 0 Å². The average Bonchev–Trinajstić information content (AvgIpc) is 2.73. The fourth-order valence-electron chi connectivity index (χ4n) is 4.22. The van der Waals surface area contributed by atoms with Crippen LogP contribution in [0.3, 0.4) is 0 Å². The summed E-state index contributed by atoms with van der Waals surface area (Å²) in [5.74, 6) is 0.957. The van der Waals surface area contributed by atoms with Crippen LogP contribution >= 0.6 is 0 Å². The Balaban J connectivity index is 1.51. The highest BCUT2D eigenvalue weighted by Gasteiger charge is 2.24. The van der Waals surface area contributed by atoms with Crippen molar-refractivity contribution >= 4 is 11.7 Å². The summed E-state index contributed by atoms with van der Waals surface area (Å²) in [6.07, 6.45) is 7.00. The van der Waals surface area contributed by atoms with Crippen molar-refractivity contribution in [3.8, 4) is 0 Å². The van der Waals surface area contributed by atoms with E-state index in [-0.39, 0.29) is 5.91 Å². The van der Waals surface area contributed by atoms with Crippen LogP contribution in [0.5, 0.6) is 0 Å². The number of pyridine rings is 1. The number of rotatable bonds is 3. The minimum Gasteiger partial charge on any atom is -0.352 e. The summed E-state index contributed by atoms with van der Waals surface area (Å²) in [5.41, 5.74) is 3.35. The van der Waals surface area contributed by atoms with E-state index >= 15 is 0 Å². The predicted octanol–water partition coefficient (Wildman–Crippen LogP) is 4.05. The summed E-state index contributed by atoms with van der Waals surface area (Å²) in [6.45, 7) is 1.80. The third kappa shape index (κ3) is 3.46. The Kier molecular flexibility index (Phi) is 4.91. The van der Waals surface area contributed by atoms with Gasteiger partial charge in [0.05, 0.1) is 0 Å². The van der Waals surface area contributed by atoms with Gasteiger partial charge in [-0.05, 0) is 42.5 Å². The highest BCUT2D eigenvalue weighted by Crippen LogP contribution is 2.25. The fraction of sp³-hybridized carbons (Fsp3) is 0.455. The molecule has 1 aromatic carbocycles. The van der Waals surface area contributed by atoms with E-state index in [1.807, 2.05) is 30.1 Å². The highest BCUT2D eigenvalue weighted by atomic mass is 16.2. The molecule has 4 rings (SSSR count). The highest BCUT2D eigenvalue weighted by molar-refractivity contribution is 5.92. The van der Waals surface area contributed by atoms with Crippen LogP contribution in [0.25, 0.3) is 0 Å². The van der Waals surface area contributed by atoms with Gasteiger partial charge in [0.25, 0.3) is 5.91 Å². The Morgan fingerprint density at radius 1 is 1.04 bits per heavy atom. The largest absolute Gasteiger partial charge is 0.352 e.